The summed E-state index contributed by atoms with van der Waals surface area (Å²) in [6, 6.07) is 16.9. The molecule has 0 aliphatic carbocycles. The van der Waals surface area contributed by atoms with Gasteiger partial charge in [-0.05, 0) is 35.7 Å². The van der Waals surface area contributed by atoms with Crippen LogP contribution in [0.5, 0.6) is 0 Å². The first-order chi connectivity index (χ1) is 12.2. The van der Waals surface area contributed by atoms with Gasteiger partial charge in [-0.3, -0.25) is 0 Å². The molecule has 4 aromatic rings. The average molecular weight is 427 g/mol. The maximum atomic E-state index is 4.58. The highest BCUT2D eigenvalue weighted by Gasteiger charge is 2.14. The number of rotatable bonds is 4. The number of halogens is 1. The number of hydrogen-bond acceptors (Lipinski definition) is 4. The van der Waals surface area contributed by atoms with Crippen LogP contribution in [0.25, 0.3) is 21.3 Å². The Bertz CT molecular complexity index is 1030. The Morgan fingerprint density at radius 1 is 1.04 bits per heavy atom. The molecule has 0 radical (unpaired) electrons. The standard InChI is InChI=1S/C20H15BrN2S2/c1-13-4-2-3-5-15(13)10-24-19-18-17(11-25-20(18)23-12-22-19)14-6-8-16(21)9-7-14/h2-9,11-12H,10H2,1H3. The van der Waals surface area contributed by atoms with E-state index in [-0.39, 0.29) is 0 Å². The summed E-state index contributed by atoms with van der Waals surface area (Å²) >= 11 is 6.96. The van der Waals surface area contributed by atoms with E-state index in [1.807, 2.05) is 0 Å². The van der Waals surface area contributed by atoms with Gasteiger partial charge in [-0.2, -0.15) is 0 Å². The van der Waals surface area contributed by atoms with E-state index in [0.717, 1.165) is 25.5 Å². The lowest BCUT2D eigenvalue weighted by molar-refractivity contribution is 1.11. The van der Waals surface area contributed by atoms with Gasteiger partial charge in [0.15, 0.2) is 0 Å². The fourth-order valence-electron chi connectivity index (χ4n) is 2.72. The Hall–Kier alpha value is -1.69. The number of aryl methyl sites for hydroxylation is 1. The first kappa shape index (κ1) is 16.8. The van der Waals surface area contributed by atoms with Crippen molar-refractivity contribution in [2.75, 3.05) is 0 Å². The molecule has 2 aromatic carbocycles. The molecule has 5 heteroatoms. The smallest absolute Gasteiger partial charge is 0.128 e. The Balaban J connectivity index is 1.73. The van der Waals surface area contributed by atoms with E-state index in [0.29, 0.717) is 0 Å². The minimum absolute atomic E-state index is 0.911. The summed E-state index contributed by atoms with van der Waals surface area (Å²) in [4.78, 5) is 10.1. The molecular formula is C20H15BrN2S2. The molecule has 2 nitrogen and oxygen atoms in total. The Labute approximate surface area is 163 Å². The molecule has 4 rings (SSSR count). The van der Waals surface area contributed by atoms with Crippen LogP contribution in [0, 0.1) is 6.92 Å². The highest BCUT2D eigenvalue weighted by molar-refractivity contribution is 9.10. The average Bonchev–Trinajstić information content (AvgIpc) is 3.06. The second-order valence-corrected chi connectivity index (χ2v) is 8.47. The molecule has 2 heterocycles. The van der Waals surface area contributed by atoms with E-state index in [1.54, 1.807) is 29.4 Å². The predicted octanol–water partition coefficient (Wildman–Crippen LogP) is 6.72. The monoisotopic (exact) mass is 426 g/mol. The molecule has 0 amide bonds. The largest absolute Gasteiger partial charge is 0.229 e. The summed E-state index contributed by atoms with van der Waals surface area (Å²) in [7, 11) is 0. The zero-order valence-electron chi connectivity index (χ0n) is 13.6. The minimum atomic E-state index is 0.911. The number of thioether (sulfide) groups is 1. The van der Waals surface area contributed by atoms with Gasteiger partial charge < -0.3 is 0 Å². The van der Waals surface area contributed by atoms with Gasteiger partial charge in [-0.25, -0.2) is 9.97 Å². The number of thiophene rings is 1. The van der Waals surface area contributed by atoms with Crippen LogP contribution in [-0.4, -0.2) is 9.97 Å². The third kappa shape index (κ3) is 3.50. The van der Waals surface area contributed by atoms with E-state index in [1.165, 1.54) is 22.3 Å². The number of aromatic nitrogens is 2. The molecule has 0 N–H and O–H groups in total. The predicted molar refractivity (Wildman–Crippen MR) is 111 cm³/mol. The van der Waals surface area contributed by atoms with Gasteiger partial charge in [0, 0.05) is 21.2 Å². The maximum absolute atomic E-state index is 4.58. The van der Waals surface area contributed by atoms with E-state index in [4.69, 9.17) is 0 Å². The number of hydrogen-bond donors (Lipinski definition) is 0. The minimum Gasteiger partial charge on any atom is -0.229 e. The van der Waals surface area contributed by atoms with Crippen molar-refractivity contribution < 1.29 is 0 Å². The first-order valence-corrected chi connectivity index (χ1v) is 10.5. The molecule has 2 aromatic heterocycles. The van der Waals surface area contributed by atoms with Crippen LogP contribution >= 0.6 is 39.0 Å². The van der Waals surface area contributed by atoms with Crippen LogP contribution in [0.3, 0.4) is 0 Å². The van der Waals surface area contributed by atoms with Crippen molar-refractivity contribution in [3.63, 3.8) is 0 Å². The Kier molecular flexibility index (Phi) is 4.88. The Morgan fingerprint density at radius 2 is 1.84 bits per heavy atom. The van der Waals surface area contributed by atoms with Crippen molar-refractivity contribution in [2.24, 2.45) is 0 Å². The zero-order chi connectivity index (χ0) is 17.2. The topological polar surface area (TPSA) is 25.8 Å². The van der Waals surface area contributed by atoms with Crippen LogP contribution in [0.1, 0.15) is 11.1 Å². The molecule has 124 valence electrons. The van der Waals surface area contributed by atoms with Crippen LogP contribution in [-0.2, 0) is 5.75 Å². The normalized spacial score (nSPS) is 11.1. The molecule has 0 bridgehead atoms. The molecule has 0 aliphatic rings. The van der Waals surface area contributed by atoms with Crippen LogP contribution in [0.15, 0.2) is 69.7 Å². The molecule has 0 aliphatic heterocycles. The van der Waals surface area contributed by atoms with Gasteiger partial charge in [-0.1, -0.05) is 52.3 Å². The molecular weight excluding hydrogens is 412 g/mol. The maximum Gasteiger partial charge on any atom is 0.128 e. The summed E-state index contributed by atoms with van der Waals surface area (Å²) in [6.45, 7) is 2.16. The quantitative estimate of drug-likeness (QED) is 0.267. The molecule has 0 saturated heterocycles. The summed E-state index contributed by atoms with van der Waals surface area (Å²) in [5.41, 5.74) is 5.07. The van der Waals surface area contributed by atoms with Crippen molar-refractivity contribution in [2.45, 2.75) is 17.7 Å². The fourth-order valence-corrected chi connectivity index (χ4v) is 5.05. The zero-order valence-corrected chi connectivity index (χ0v) is 16.8. The van der Waals surface area contributed by atoms with Gasteiger partial charge in [0.05, 0.1) is 5.39 Å². The van der Waals surface area contributed by atoms with Gasteiger partial charge in [0.25, 0.3) is 0 Å². The van der Waals surface area contributed by atoms with Crippen molar-refractivity contribution in [1.82, 2.24) is 9.97 Å². The molecule has 0 spiro atoms. The van der Waals surface area contributed by atoms with Gasteiger partial charge >= 0.3 is 0 Å². The van der Waals surface area contributed by atoms with Gasteiger partial charge in [0.1, 0.15) is 16.2 Å². The van der Waals surface area contributed by atoms with Crippen molar-refractivity contribution >= 4 is 49.2 Å². The van der Waals surface area contributed by atoms with E-state index in [2.05, 4.69) is 86.7 Å². The summed E-state index contributed by atoms with van der Waals surface area (Å²) < 4.78 is 1.08. The fraction of sp³-hybridized carbons (Fsp3) is 0.100. The van der Waals surface area contributed by atoms with E-state index >= 15 is 0 Å². The lowest BCUT2D eigenvalue weighted by atomic mass is 10.1. The van der Waals surface area contributed by atoms with Gasteiger partial charge in [-0.15, -0.1) is 23.1 Å². The molecule has 25 heavy (non-hydrogen) atoms. The summed E-state index contributed by atoms with van der Waals surface area (Å²) in [6.07, 6.45) is 1.67. The molecule has 0 atom stereocenters. The van der Waals surface area contributed by atoms with E-state index < -0.39 is 0 Å². The second-order valence-electron chi connectivity index (χ2n) is 5.73. The highest BCUT2D eigenvalue weighted by Crippen LogP contribution is 2.39. The van der Waals surface area contributed by atoms with Crippen molar-refractivity contribution in [1.29, 1.82) is 0 Å². The van der Waals surface area contributed by atoms with Crippen LogP contribution < -0.4 is 0 Å². The van der Waals surface area contributed by atoms with Crippen LogP contribution in [0.4, 0.5) is 0 Å². The second kappa shape index (κ2) is 7.28. The number of benzene rings is 2. The third-order valence-electron chi connectivity index (χ3n) is 4.12. The molecule has 0 unspecified atom stereocenters. The Morgan fingerprint density at radius 3 is 2.64 bits per heavy atom. The van der Waals surface area contributed by atoms with Crippen molar-refractivity contribution in [3.8, 4) is 11.1 Å². The summed E-state index contributed by atoms with van der Waals surface area (Å²) in [5.74, 6) is 0.911. The van der Waals surface area contributed by atoms with Crippen molar-refractivity contribution in [3.05, 3.63) is 75.8 Å². The lowest BCUT2D eigenvalue weighted by Gasteiger charge is -2.07. The number of fused-ring (bicyclic) bond motifs is 1. The molecule has 0 fully saturated rings. The van der Waals surface area contributed by atoms with E-state index in [9.17, 15) is 0 Å². The lowest BCUT2D eigenvalue weighted by Crippen LogP contribution is -1.89. The summed E-state index contributed by atoms with van der Waals surface area (Å²) in [5, 5.41) is 4.39. The third-order valence-corrected chi connectivity index (χ3v) is 6.57. The number of nitrogens with zero attached hydrogens (tertiary/aromatic N) is 2. The SMILES string of the molecule is Cc1ccccc1CSc1ncnc2scc(-c3ccc(Br)cc3)c12. The van der Waals surface area contributed by atoms with Gasteiger partial charge in [0.2, 0.25) is 0 Å². The highest BCUT2D eigenvalue weighted by atomic mass is 79.9. The first-order valence-electron chi connectivity index (χ1n) is 7.88. The molecule has 0 saturated carbocycles. The van der Waals surface area contributed by atoms with Crippen LogP contribution in [0.2, 0.25) is 0 Å².